The molecule has 1 saturated heterocycles. The van der Waals surface area contributed by atoms with E-state index in [1.54, 1.807) is 0 Å². The van der Waals surface area contributed by atoms with Gasteiger partial charge >= 0.3 is 0 Å². The van der Waals surface area contributed by atoms with E-state index in [9.17, 15) is 15.0 Å². The summed E-state index contributed by atoms with van der Waals surface area (Å²) in [5, 5.41) is 21.8. The Morgan fingerprint density at radius 1 is 1.33 bits per heavy atom. The monoisotopic (exact) mass is 210 g/mol. The fraction of sp³-hybridized carbons (Fsp3) is 0.500. The highest BCUT2D eigenvalue weighted by Gasteiger charge is 2.22. The molecule has 5 nitrogen and oxygen atoms in total. The van der Waals surface area contributed by atoms with Gasteiger partial charge < -0.3 is 15.5 Å². The maximum atomic E-state index is 11.3. The van der Waals surface area contributed by atoms with Gasteiger partial charge in [0.1, 0.15) is 0 Å². The van der Waals surface area contributed by atoms with Crippen LogP contribution in [0.5, 0.6) is 11.8 Å². The molecule has 1 amide bonds. The molecule has 1 aliphatic rings. The molecule has 0 radical (unpaired) electrons. The molecule has 15 heavy (non-hydrogen) atoms. The van der Waals surface area contributed by atoms with Gasteiger partial charge in [-0.3, -0.25) is 9.36 Å². The molecule has 5 heteroatoms. The Labute approximate surface area is 87.3 Å². The molecule has 82 valence electrons. The Hall–Kier alpha value is -1.65. The zero-order valence-electron chi connectivity index (χ0n) is 8.31. The fourth-order valence-electron chi connectivity index (χ4n) is 1.98. The van der Waals surface area contributed by atoms with E-state index in [4.69, 9.17) is 0 Å². The molecule has 0 aliphatic carbocycles. The van der Waals surface area contributed by atoms with Gasteiger partial charge in [-0.1, -0.05) is 0 Å². The van der Waals surface area contributed by atoms with Gasteiger partial charge in [0.2, 0.25) is 5.91 Å². The quantitative estimate of drug-likeness (QED) is 0.640. The van der Waals surface area contributed by atoms with Crippen molar-refractivity contribution in [2.75, 3.05) is 6.54 Å². The van der Waals surface area contributed by atoms with Crippen molar-refractivity contribution in [1.82, 2.24) is 9.88 Å². The summed E-state index contributed by atoms with van der Waals surface area (Å²) in [6, 6.07) is 2.71. The Balaban J connectivity index is 2.25. The predicted molar refractivity (Wildman–Crippen MR) is 53.7 cm³/mol. The first kappa shape index (κ1) is 9.89. The Morgan fingerprint density at radius 2 is 2.00 bits per heavy atom. The van der Waals surface area contributed by atoms with Crippen LogP contribution in [0.2, 0.25) is 0 Å². The summed E-state index contributed by atoms with van der Waals surface area (Å²) in [5.74, 6) is -0.0237. The van der Waals surface area contributed by atoms with E-state index >= 15 is 0 Å². The van der Waals surface area contributed by atoms with Gasteiger partial charge in [-0.2, -0.15) is 0 Å². The van der Waals surface area contributed by atoms with Crippen molar-refractivity contribution in [3.05, 3.63) is 12.1 Å². The lowest BCUT2D eigenvalue weighted by Gasteiger charge is -2.17. The Kier molecular flexibility index (Phi) is 2.53. The Morgan fingerprint density at radius 3 is 2.67 bits per heavy atom. The molecule has 3 N–H and O–H groups in total. The lowest BCUT2D eigenvalue weighted by Crippen LogP contribution is -2.23. The van der Waals surface area contributed by atoms with Crippen molar-refractivity contribution >= 4 is 5.91 Å². The van der Waals surface area contributed by atoms with E-state index in [0.717, 1.165) is 12.8 Å². The molecule has 1 atom stereocenters. The van der Waals surface area contributed by atoms with Crippen LogP contribution in [-0.2, 0) is 4.79 Å². The molecular formula is C10H14N2O3. The topological polar surface area (TPSA) is 74.5 Å². The smallest absolute Gasteiger partial charge is 0.222 e. The number of amides is 1. The zero-order chi connectivity index (χ0) is 10.8. The molecule has 1 aromatic rings. The van der Waals surface area contributed by atoms with Crippen LogP contribution in [0.25, 0.3) is 0 Å². The van der Waals surface area contributed by atoms with E-state index in [1.165, 1.54) is 16.7 Å². The van der Waals surface area contributed by atoms with E-state index in [2.05, 4.69) is 5.32 Å². The SMILES string of the molecule is O=C1CC(n2c(O)ccc2O)CCCN1. The summed E-state index contributed by atoms with van der Waals surface area (Å²) in [6.45, 7) is 0.665. The van der Waals surface area contributed by atoms with Crippen LogP contribution in [0.3, 0.4) is 0 Å². The van der Waals surface area contributed by atoms with Gasteiger partial charge in [-0.05, 0) is 12.8 Å². The Bertz CT molecular complexity index is 353. The third-order valence-electron chi connectivity index (χ3n) is 2.70. The van der Waals surface area contributed by atoms with E-state index in [1.807, 2.05) is 0 Å². The number of hydrogen-bond donors (Lipinski definition) is 3. The standard InChI is InChI=1S/C10H14N2O3/c13-8-6-7(2-1-5-11-8)12-9(14)3-4-10(12)15/h3-4,7,14-15H,1-2,5-6H2,(H,11,13). The lowest BCUT2D eigenvalue weighted by molar-refractivity contribution is -0.121. The highest BCUT2D eigenvalue weighted by Crippen LogP contribution is 2.31. The molecule has 1 fully saturated rings. The number of aromatic nitrogens is 1. The van der Waals surface area contributed by atoms with Crippen molar-refractivity contribution in [3.8, 4) is 11.8 Å². The largest absolute Gasteiger partial charge is 0.494 e. The summed E-state index contributed by atoms with van der Waals surface area (Å²) in [4.78, 5) is 11.3. The molecule has 1 aromatic heterocycles. The molecule has 0 spiro atoms. The summed E-state index contributed by atoms with van der Waals surface area (Å²) in [7, 11) is 0. The molecule has 1 aliphatic heterocycles. The van der Waals surface area contributed by atoms with E-state index < -0.39 is 0 Å². The average Bonchev–Trinajstić information content (AvgIpc) is 2.40. The molecule has 2 heterocycles. The molecular weight excluding hydrogens is 196 g/mol. The van der Waals surface area contributed by atoms with Crippen molar-refractivity contribution in [2.24, 2.45) is 0 Å². The van der Waals surface area contributed by atoms with E-state index in [0.29, 0.717) is 13.0 Å². The summed E-state index contributed by atoms with van der Waals surface area (Å²) in [6.07, 6.45) is 1.93. The molecule has 1 unspecified atom stereocenters. The number of nitrogens with one attached hydrogen (secondary N) is 1. The minimum absolute atomic E-state index is 0.00667. The van der Waals surface area contributed by atoms with Crippen LogP contribution >= 0.6 is 0 Å². The molecule has 0 saturated carbocycles. The highest BCUT2D eigenvalue weighted by molar-refractivity contribution is 5.76. The first-order valence-corrected chi connectivity index (χ1v) is 5.04. The first-order valence-electron chi connectivity index (χ1n) is 5.04. The third-order valence-corrected chi connectivity index (χ3v) is 2.70. The van der Waals surface area contributed by atoms with Crippen molar-refractivity contribution in [1.29, 1.82) is 0 Å². The maximum absolute atomic E-state index is 11.3. The third kappa shape index (κ3) is 1.91. The van der Waals surface area contributed by atoms with Gasteiger partial charge in [-0.25, -0.2) is 0 Å². The lowest BCUT2D eigenvalue weighted by atomic mass is 10.1. The van der Waals surface area contributed by atoms with Gasteiger partial charge in [0, 0.05) is 31.1 Å². The second-order valence-corrected chi connectivity index (χ2v) is 3.77. The number of aromatic hydroxyl groups is 2. The van der Waals surface area contributed by atoms with Gasteiger partial charge in [-0.15, -0.1) is 0 Å². The van der Waals surface area contributed by atoms with E-state index in [-0.39, 0.29) is 23.7 Å². The summed E-state index contributed by atoms with van der Waals surface area (Å²) in [5.41, 5.74) is 0. The number of carbonyl (C=O) groups is 1. The summed E-state index contributed by atoms with van der Waals surface area (Å²) >= 11 is 0. The minimum atomic E-state index is -0.150. The fourth-order valence-corrected chi connectivity index (χ4v) is 1.98. The van der Waals surface area contributed by atoms with Crippen LogP contribution in [0, 0.1) is 0 Å². The van der Waals surface area contributed by atoms with Crippen LogP contribution < -0.4 is 5.32 Å². The number of carbonyl (C=O) groups excluding carboxylic acids is 1. The predicted octanol–water partition coefficient (Wildman–Crippen LogP) is 0.740. The normalized spacial score (nSPS) is 22.1. The first-order chi connectivity index (χ1) is 7.18. The van der Waals surface area contributed by atoms with Crippen molar-refractivity contribution < 1.29 is 15.0 Å². The van der Waals surface area contributed by atoms with Crippen LogP contribution in [-0.4, -0.2) is 27.2 Å². The molecule has 2 rings (SSSR count). The average molecular weight is 210 g/mol. The maximum Gasteiger partial charge on any atom is 0.222 e. The van der Waals surface area contributed by atoms with Crippen molar-refractivity contribution in [3.63, 3.8) is 0 Å². The number of hydrogen-bond acceptors (Lipinski definition) is 3. The van der Waals surface area contributed by atoms with Crippen LogP contribution in [0.1, 0.15) is 25.3 Å². The summed E-state index contributed by atoms with van der Waals surface area (Å²) < 4.78 is 1.41. The molecule has 0 aromatic carbocycles. The second-order valence-electron chi connectivity index (χ2n) is 3.77. The molecule has 0 bridgehead atoms. The highest BCUT2D eigenvalue weighted by atomic mass is 16.3. The van der Waals surface area contributed by atoms with Gasteiger partial charge in [0.15, 0.2) is 11.8 Å². The number of rotatable bonds is 1. The zero-order valence-corrected chi connectivity index (χ0v) is 8.31. The number of nitrogens with zero attached hydrogens (tertiary/aromatic N) is 1. The second kappa shape index (κ2) is 3.84. The van der Waals surface area contributed by atoms with Gasteiger partial charge in [0.25, 0.3) is 0 Å². The van der Waals surface area contributed by atoms with Gasteiger partial charge in [0.05, 0.1) is 0 Å². The van der Waals surface area contributed by atoms with Crippen LogP contribution in [0.4, 0.5) is 0 Å². The van der Waals surface area contributed by atoms with Crippen molar-refractivity contribution in [2.45, 2.75) is 25.3 Å². The van der Waals surface area contributed by atoms with Crippen LogP contribution in [0.15, 0.2) is 12.1 Å². The minimum Gasteiger partial charge on any atom is -0.494 e.